The van der Waals surface area contributed by atoms with Crippen molar-refractivity contribution in [2.24, 2.45) is 0 Å². The Kier molecular flexibility index (Phi) is 4.15. The topological polar surface area (TPSA) is 59.6 Å². The molecule has 2 fully saturated rings. The number of urea groups is 1. The predicted molar refractivity (Wildman–Crippen MR) is 64.1 cm³/mol. The number of hydrogen-bond donors (Lipinski definition) is 2. The summed E-state index contributed by atoms with van der Waals surface area (Å²) in [6.07, 6.45) is -4.74. The lowest BCUT2D eigenvalue weighted by Gasteiger charge is -2.44. The van der Waals surface area contributed by atoms with Crippen molar-refractivity contribution in [3.8, 4) is 0 Å². The van der Waals surface area contributed by atoms with Crippen LogP contribution in [0.1, 0.15) is 32.6 Å². The number of rotatable bonds is 2. The van der Waals surface area contributed by atoms with Gasteiger partial charge in [-0.1, -0.05) is 0 Å². The second kappa shape index (κ2) is 5.40. The molecule has 2 rings (SSSR count). The molecule has 1 heterocycles. The summed E-state index contributed by atoms with van der Waals surface area (Å²) in [6.45, 7) is 2.73. The molecule has 1 saturated carbocycles. The molecule has 1 spiro atoms. The van der Waals surface area contributed by atoms with Crippen molar-refractivity contribution in [2.75, 3.05) is 19.8 Å². The van der Waals surface area contributed by atoms with Gasteiger partial charge in [-0.3, -0.25) is 0 Å². The molecule has 2 aliphatic rings. The van der Waals surface area contributed by atoms with Gasteiger partial charge in [0, 0.05) is 19.4 Å². The van der Waals surface area contributed by atoms with Crippen LogP contribution in [0.4, 0.5) is 18.0 Å². The van der Waals surface area contributed by atoms with E-state index in [9.17, 15) is 18.0 Å². The highest BCUT2D eigenvalue weighted by Crippen LogP contribution is 2.47. The number of hydrogen-bond acceptors (Lipinski definition) is 3. The first-order valence-electron chi connectivity index (χ1n) is 6.73. The Morgan fingerprint density at radius 1 is 1.15 bits per heavy atom. The summed E-state index contributed by atoms with van der Waals surface area (Å²) in [7, 11) is 0. The summed E-state index contributed by atoms with van der Waals surface area (Å²) >= 11 is 0. The molecule has 1 saturated heterocycles. The highest BCUT2D eigenvalue weighted by Gasteiger charge is 2.60. The zero-order valence-corrected chi connectivity index (χ0v) is 11.3. The normalized spacial score (nSPS) is 24.6. The molecule has 8 heteroatoms. The smallest absolute Gasteiger partial charge is 0.348 e. The van der Waals surface area contributed by atoms with E-state index in [-0.39, 0.29) is 32.2 Å². The average molecular weight is 296 g/mol. The molecule has 0 bridgehead atoms. The van der Waals surface area contributed by atoms with E-state index >= 15 is 0 Å². The van der Waals surface area contributed by atoms with Crippen LogP contribution < -0.4 is 10.6 Å². The Morgan fingerprint density at radius 2 is 1.70 bits per heavy atom. The summed E-state index contributed by atoms with van der Waals surface area (Å²) in [5.41, 5.74) is -2.20. The van der Waals surface area contributed by atoms with E-state index in [4.69, 9.17) is 9.47 Å². The van der Waals surface area contributed by atoms with Gasteiger partial charge >= 0.3 is 12.2 Å². The molecule has 0 aromatic carbocycles. The number of carbonyl (C=O) groups excluding carboxylic acids is 1. The quantitative estimate of drug-likeness (QED) is 0.818. The first-order valence-corrected chi connectivity index (χ1v) is 6.73. The first-order chi connectivity index (χ1) is 9.33. The van der Waals surface area contributed by atoms with Gasteiger partial charge in [-0.05, 0) is 19.8 Å². The lowest BCUT2D eigenvalue weighted by Crippen LogP contribution is -2.63. The van der Waals surface area contributed by atoms with Crippen LogP contribution in [-0.4, -0.2) is 43.3 Å². The summed E-state index contributed by atoms with van der Waals surface area (Å²) in [4.78, 5) is 11.5. The van der Waals surface area contributed by atoms with Crippen molar-refractivity contribution in [1.82, 2.24) is 10.6 Å². The van der Waals surface area contributed by atoms with Gasteiger partial charge < -0.3 is 20.1 Å². The van der Waals surface area contributed by atoms with Gasteiger partial charge in [0.2, 0.25) is 0 Å². The van der Waals surface area contributed by atoms with E-state index < -0.39 is 23.5 Å². The van der Waals surface area contributed by atoms with Crippen molar-refractivity contribution in [3.05, 3.63) is 0 Å². The Bertz CT molecular complexity index is 357. The maximum absolute atomic E-state index is 13.3. The van der Waals surface area contributed by atoms with Crippen molar-refractivity contribution >= 4 is 6.03 Å². The van der Waals surface area contributed by atoms with Crippen LogP contribution in [0.5, 0.6) is 0 Å². The molecule has 116 valence electrons. The lowest BCUT2D eigenvalue weighted by molar-refractivity contribution is -0.240. The Balaban J connectivity index is 2.08. The van der Waals surface area contributed by atoms with Gasteiger partial charge in [0.05, 0.1) is 13.2 Å². The Labute approximate surface area is 115 Å². The number of amides is 2. The highest BCUT2D eigenvalue weighted by molar-refractivity contribution is 5.74. The van der Waals surface area contributed by atoms with Gasteiger partial charge in [0.25, 0.3) is 0 Å². The third kappa shape index (κ3) is 2.85. The van der Waals surface area contributed by atoms with Crippen LogP contribution >= 0.6 is 0 Å². The van der Waals surface area contributed by atoms with Crippen LogP contribution in [-0.2, 0) is 9.47 Å². The molecule has 0 radical (unpaired) electrons. The number of ether oxygens (including phenoxy) is 2. The predicted octanol–water partition coefficient (Wildman–Crippen LogP) is 1.92. The molecule has 0 aromatic rings. The number of carbonyl (C=O) groups is 1. The van der Waals surface area contributed by atoms with E-state index in [1.54, 1.807) is 6.92 Å². The van der Waals surface area contributed by atoms with E-state index in [1.807, 2.05) is 0 Å². The van der Waals surface area contributed by atoms with Crippen LogP contribution in [0.25, 0.3) is 0 Å². The molecule has 5 nitrogen and oxygen atoms in total. The van der Waals surface area contributed by atoms with Crippen molar-refractivity contribution in [1.29, 1.82) is 0 Å². The molecule has 20 heavy (non-hydrogen) atoms. The van der Waals surface area contributed by atoms with E-state index in [2.05, 4.69) is 10.6 Å². The van der Waals surface area contributed by atoms with E-state index in [0.29, 0.717) is 13.2 Å². The number of alkyl halides is 3. The molecule has 2 N–H and O–H groups in total. The Hall–Kier alpha value is -1.02. The van der Waals surface area contributed by atoms with Gasteiger partial charge in [0.1, 0.15) is 5.54 Å². The van der Waals surface area contributed by atoms with Gasteiger partial charge in [-0.2, -0.15) is 13.2 Å². The maximum Gasteiger partial charge on any atom is 0.411 e. The highest BCUT2D eigenvalue weighted by atomic mass is 19.4. The standard InChI is InChI=1S/C12H19F3N2O3/c1-2-16-9(18)17-10(12(13,14)15)3-5-11(6-4-10)19-7-8-20-11/h2-8H2,1H3,(H2,16,17,18). The minimum Gasteiger partial charge on any atom is -0.348 e. The van der Waals surface area contributed by atoms with E-state index in [1.165, 1.54) is 0 Å². The van der Waals surface area contributed by atoms with Crippen LogP contribution in [0.3, 0.4) is 0 Å². The summed E-state index contributed by atoms with van der Waals surface area (Å²) in [6, 6.07) is -0.797. The van der Waals surface area contributed by atoms with Crippen molar-refractivity contribution < 1.29 is 27.4 Å². The lowest BCUT2D eigenvalue weighted by atomic mass is 9.78. The SMILES string of the molecule is CCNC(=O)NC1(C(F)(F)F)CCC2(CC1)OCCO2. The summed E-state index contributed by atoms with van der Waals surface area (Å²) in [5, 5.41) is 4.43. The maximum atomic E-state index is 13.3. The molecule has 1 aliphatic carbocycles. The molecular weight excluding hydrogens is 277 g/mol. The fraction of sp³-hybridized carbons (Fsp3) is 0.917. The fourth-order valence-corrected chi connectivity index (χ4v) is 2.74. The number of nitrogens with one attached hydrogen (secondary N) is 2. The molecule has 0 unspecified atom stereocenters. The third-order valence-electron chi connectivity index (χ3n) is 3.91. The van der Waals surface area contributed by atoms with Crippen LogP contribution in [0.15, 0.2) is 0 Å². The summed E-state index contributed by atoms with van der Waals surface area (Å²) in [5.74, 6) is -0.891. The fourth-order valence-electron chi connectivity index (χ4n) is 2.74. The summed E-state index contributed by atoms with van der Waals surface area (Å²) < 4.78 is 50.9. The van der Waals surface area contributed by atoms with Crippen molar-refractivity contribution in [2.45, 2.75) is 50.1 Å². The van der Waals surface area contributed by atoms with Crippen molar-refractivity contribution in [3.63, 3.8) is 0 Å². The van der Waals surface area contributed by atoms with Gasteiger partial charge in [-0.25, -0.2) is 4.79 Å². The zero-order chi connectivity index (χ0) is 14.9. The second-order valence-electron chi connectivity index (χ2n) is 5.17. The monoisotopic (exact) mass is 296 g/mol. The van der Waals surface area contributed by atoms with Gasteiger partial charge in [0.15, 0.2) is 5.79 Å². The second-order valence-corrected chi connectivity index (χ2v) is 5.17. The molecule has 0 aromatic heterocycles. The van der Waals surface area contributed by atoms with Crippen LogP contribution in [0.2, 0.25) is 0 Å². The van der Waals surface area contributed by atoms with E-state index in [0.717, 1.165) is 0 Å². The number of halogens is 3. The third-order valence-corrected chi connectivity index (χ3v) is 3.91. The zero-order valence-electron chi connectivity index (χ0n) is 11.3. The average Bonchev–Trinajstić information content (AvgIpc) is 2.80. The minimum absolute atomic E-state index is 0.124. The first kappa shape index (κ1) is 15.4. The largest absolute Gasteiger partial charge is 0.411 e. The molecule has 0 atom stereocenters. The van der Waals surface area contributed by atoms with Crippen LogP contribution in [0, 0.1) is 0 Å². The van der Waals surface area contributed by atoms with Gasteiger partial charge in [-0.15, -0.1) is 0 Å². The molecule has 1 aliphatic heterocycles. The minimum atomic E-state index is -4.50. The molecule has 2 amide bonds. The Morgan fingerprint density at radius 3 is 2.15 bits per heavy atom. The molecular formula is C12H19F3N2O3.